The Bertz CT molecular complexity index is 271. The minimum atomic E-state index is -0.330. The molecule has 0 spiro atoms. The van der Waals surface area contributed by atoms with Crippen molar-refractivity contribution in [1.29, 1.82) is 0 Å². The molecular formula is C11H18N2O. The lowest BCUT2D eigenvalue weighted by Gasteiger charge is -2.32. The van der Waals surface area contributed by atoms with E-state index in [1.807, 2.05) is 0 Å². The third-order valence-electron chi connectivity index (χ3n) is 3.44. The number of aliphatic hydroxyl groups is 1. The molecule has 78 valence electrons. The van der Waals surface area contributed by atoms with E-state index in [4.69, 9.17) is 0 Å². The quantitative estimate of drug-likeness (QED) is 0.758. The molecule has 0 aliphatic heterocycles. The average Bonchev–Trinajstić information content (AvgIpc) is 2.70. The SMILES string of the molecule is CC1CCCCC1C(O)c1cn[nH]c1. The molecule has 1 heterocycles. The highest BCUT2D eigenvalue weighted by Crippen LogP contribution is 2.37. The normalized spacial score (nSPS) is 30.1. The molecular weight excluding hydrogens is 176 g/mol. The van der Waals surface area contributed by atoms with E-state index in [0.717, 1.165) is 12.0 Å². The summed E-state index contributed by atoms with van der Waals surface area (Å²) >= 11 is 0. The van der Waals surface area contributed by atoms with Crippen LogP contribution in [-0.4, -0.2) is 15.3 Å². The summed E-state index contributed by atoms with van der Waals surface area (Å²) in [5, 5.41) is 16.8. The zero-order chi connectivity index (χ0) is 9.97. The van der Waals surface area contributed by atoms with E-state index >= 15 is 0 Å². The summed E-state index contributed by atoms with van der Waals surface area (Å²) < 4.78 is 0. The van der Waals surface area contributed by atoms with Crippen molar-refractivity contribution in [2.75, 3.05) is 0 Å². The van der Waals surface area contributed by atoms with Gasteiger partial charge in [0.25, 0.3) is 0 Å². The summed E-state index contributed by atoms with van der Waals surface area (Å²) in [6.07, 6.45) is 8.16. The molecule has 2 N–H and O–H groups in total. The van der Waals surface area contributed by atoms with Crippen LogP contribution in [0.3, 0.4) is 0 Å². The van der Waals surface area contributed by atoms with Crippen LogP contribution in [0.2, 0.25) is 0 Å². The number of nitrogens with one attached hydrogen (secondary N) is 1. The molecule has 0 aromatic carbocycles. The van der Waals surface area contributed by atoms with Crippen LogP contribution in [0.1, 0.15) is 44.3 Å². The highest BCUT2D eigenvalue weighted by molar-refractivity contribution is 5.08. The Morgan fingerprint density at radius 3 is 2.93 bits per heavy atom. The lowest BCUT2D eigenvalue weighted by Crippen LogP contribution is -2.23. The van der Waals surface area contributed by atoms with Gasteiger partial charge in [0.15, 0.2) is 0 Å². The average molecular weight is 194 g/mol. The summed E-state index contributed by atoms with van der Waals surface area (Å²) in [5.74, 6) is 1.05. The number of H-pyrrole nitrogens is 1. The van der Waals surface area contributed by atoms with Gasteiger partial charge in [0, 0.05) is 11.8 Å². The van der Waals surface area contributed by atoms with Crippen LogP contribution in [0, 0.1) is 11.8 Å². The maximum absolute atomic E-state index is 10.1. The molecule has 1 aromatic rings. The van der Waals surface area contributed by atoms with Crippen LogP contribution in [0.25, 0.3) is 0 Å². The largest absolute Gasteiger partial charge is 0.388 e. The molecule has 3 nitrogen and oxygen atoms in total. The smallest absolute Gasteiger partial charge is 0.0851 e. The van der Waals surface area contributed by atoms with Crippen LogP contribution in [0.5, 0.6) is 0 Å². The second kappa shape index (κ2) is 4.13. The van der Waals surface area contributed by atoms with Crippen LogP contribution in [0.4, 0.5) is 0 Å². The first-order chi connectivity index (χ1) is 6.79. The van der Waals surface area contributed by atoms with Crippen molar-refractivity contribution in [3.63, 3.8) is 0 Å². The third kappa shape index (κ3) is 1.82. The maximum Gasteiger partial charge on any atom is 0.0851 e. The summed E-state index contributed by atoms with van der Waals surface area (Å²) in [6, 6.07) is 0. The van der Waals surface area contributed by atoms with E-state index in [2.05, 4.69) is 17.1 Å². The second-order valence-corrected chi connectivity index (χ2v) is 4.40. The van der Waals surface area contributed by atoms with Crippen molar-refractivity contribution in [2.45, 2.75) is 38.7 Å². The topological polar surface area (TPSA) is 48.9 Å². The number of hydrogen-bond donors (Lipinski definition) is 2. The van der Waals surface area contributed by atoms with E-state index in [0.29, 0.717) is 11.8 Å². The Kier molecular flexibility index (Phi) is 2.87. The van der Waals surface area contributed by atoms with E-state index < -0.39 is 0 Å². The van der Waals surface area contributed by atoms with Gasteiger partial charge in [0.2, 0.25) is 0 Å². The Morgan fingerprint density at radius 1 is 1.50 bits per heavy atom. The fourth-order valence-electron chi connectivity index (χ4n) is 2.48. The zero-order valence-electron chi connectivity index (χ0n) is 8.61. The number of aromatic amines is 1. The molecule has 2 rings (SSSR count). The monoisotopic (exact) mass is 194 g/mol. The molecule has 1 fully saturated rings. The highest BCUT2D eigenvalue weighted by atomic mass is 16.3. The molecule has 0 bridgehead atoms. The first kappa shape index (κ1) is 9.71. The van der Waals surface area contributed by atoms with Gasteiger partial charge in [-0.3, -0.25) is 5.10 Å². The van der Waals surface area contributed by atoms with Gasteiger partial charge in [-0.1, -0.05) is 26.2 Å². The fourth-order valence-corrected chi connectivity index (χ4v) is 2.48. The molecule has 1 aromatic heterocycles. The van der Waals surface area contributed by atoms with Crippen molar-refractivity contribution in [3.8, 4) is 0 Å². The van der Waals surface area contributed by atoms with E-state index in [1.165, 1.54) is 19.3 Å². The molecule has 1 saturated carbocycles. The first-order valence-corrected chi connectivity index (χ1v) is 5.46. The van der Waals surface area contributed by atoms with E-state index in [-0.39, 0.29) is 6.10 Å². The van der Waals surface area contributed by atoms with Crippen molar-refractivity contribution >= 4 is 0 Å². The number of nitrogens with zero attached hydrogens (tertiary/aromatic N) is 1. The maximum atomic E-state index is 10.1. The Hall–Kier alpha value is -0.830. The molecule has 14 heavy (non-hydrogen) atoms. The Balaban J connectivity index is 2.06. The molecule has 0 saturated heterocycles. The van der Waals surface area contributed by atoms with Gasteiger partial charge in [0.05, 0.1) is 12.3 Å². The number of aromatic nitrogens is 2. The molecule has 0 radical (unpaired) electrons. The summed E-state index contributed by atoms with van der Waals surface area (Å²) in [6.45, 7) is 2.24. The van der Waals surface area contributed by atoms with Gasteiger partial charge < -0.3 is 5.11 Å². The predicted octanol–water partition coefficient (Wildman–Crippen LogP) is 2.27. The first-order valence-electron chi connectivity index (χ1n) is 5.46. The minimum Gasteiger partial charge on any atom is -0.388 e. The van der Waals surface area contributed by atoms with Crippen molar-refractivity contribution < 1.29 is 5.11 Å². The highest BCUT2D eigenvalue weighted by Gasteiger charge is 2.29. The molecule has 1 aliphatic rings. The van der Waals surface area contributed by atoms with Gasteiger partial charge >= 0.3 is 0 Å². The molecule has 3 unspecified atom stereocenters. The second-order valence-electron chi connectivity index (χ2n) is 4.40. The van der Waals surface area contributed by atoms with E-state index in [9.17, 15) is 5.11 Å². The molecule has 3 atom stereocenters. The number of hydrogen-bond acceptors (Lipinski definition) is 2. The van der Waals surface area contributed by atoms with E-state index in [1.54, 1.807) is 12.4 Å². The molecule has 3 heteroatoms. The number of rotatable bonds is 2. The van der Waals surface area contributed by atoms with Crippen LogP contribution >= 0.6 is 0 Å². The van der Waals surface area contributed by atoms with Gasteiger partial charge in [0.1, 0.15) is 0 Å². The minimum absolute atomic E-state index is 0.330. The summed E-state index contributed by atoms with van der Waals surface area (Å²) in [7, 11) is 0. The van der Waals surface area contributed by atoms with Crippen LogP contribution in [0.15, 0.2) is 12.4 Å². The van der Waals surface area contributed by atoms with Gasteiger partial charge in [-0.2, -0.15) is 5.10 Å². The van der Waals surface area contributed by atoms with Crippen molar-refractivity contribution in [1.82, 2.24) is 10.2 Å². The number of aliphatic hydroxyl groups excluding tert-OH is 1. The molecule has 1 aliphatic carbocycles. The van der Waals surface area contributed by atoms with Crippen LogP contribution < -0.4 is 0 Å². The summed E-state index contributed by atoms with van der Waals surface area (Å²) in [4.78, 5) is 0. The standard InChI is InChI=1S/C11H18N2O/c1-8-4-2-3-5-10(8)11(14)9-6-12-13-7-9/h6-8,10-11,14H,2-5H2,1H3,(H,12,13). The Morgan fingerprint density at radius 2 is 2.29 bits per heavy atom. The van der Waals surface area contributed by atoms with Crippen LogP contribution in [-0.2, 0) is 0 Å². The Labute approximate surface area is 84.5 Å². The third-order valence-corrected chi connectivity index (χ3v) is 3.44. The van der Waals surface area contributed by atoms with Crippen molar-refractivity contribution in [3.05, 3.63) is 18.0 Å². The lowest BCUT2D eigenvalue weighted by atomic mass is 9.76. The van der Waals surface area contributed by atoms with Gasteiger partial charge in [-0.05, 0) is 18.3 Å². The van der Waals surface area contributed by atoms with Crippen molar-refractivity contribution in [2.24, 2.45) is 11.8 Å². The van der Waals surface area contributed by atoms with Gasteiger partial charge in [-0.25, -0.2) is 0 Å². The lowest BCUT2D eigenvalue weighted by molar-refractivity contribution is 0.0529. The molecule has 0 amide bonds. The predicted molar refractivity (Wildman–Crippen MR) is 54.7 cm³/mol. The zero-order valence-corrected chi connectivity index (χ0v) is 8.61. The van der Waals surface area contributed by atoms with Gasteiger partial charge in [-0.15, -0.1) is 0 Å². The fraction of sp³-hybridized carbons (Fsp3) is 0.727. The summed E-state index contributed by atoms with van der Waals surface area (Å²) in [5.41, 5.74) is 0.934.